The first-order chi connectivity index (χ1) is 24.7. The lowest BCUT2D eigenvalue weighted by atomic mass is 10.3. The standard InChI is InChI=1S/C29H22O24/c1-14(30)29(46)53-24(41)11-10-23(40)52-28(45)13-27(44)51-22(39)9-7-20(37)48-18(35)5-4-17(34)47-19(36)6-8-21(38)50-26(43)12-25(42)49-16(33)3-2-15(31)32/h2-3,6-11,14,30H,4-5,12-13H2,1H3,(H,31,32)/b3-2-,8-6-,9-7-,11-10-. The van der Waals surface area contributed by atoms with E-state index in [0.29, 0.717) is 24.3 Å². The van der Waals surface area contributed by atoms with Gasteiger partial charge in [0.2, 0.25) is 0 Å². The molecule has 0 aromatic carbocycles. The van der Waals surface area contributed by atoms with Crippen molar-refractivity contribution in [3.8, 4) is 0 Å². The Morgan fingerprint density at radius 3 is 0.868 bits per heavy atom. The summed E-state index contributed by atoms with van der Waals surface area (Å²) >= 11 is 0. The van der Waals surface area contributed by atoms with E-state index in [0.717, 1.165) is 6.92 Å². The zero-order valence-corrected chi connectivity index (χ0v) is 26.4. The highest BCUT2D eigenvalue weighted by Gasteiger charge is 2.20. The van der Waals surface area contributed by atoms with E-state index >= 15 is 0 Å². The number of ether oxygens (including phenoxy) is 7. The number of carbonyl (C=O) groups is 15. The van der Waals surface area contributed by atoms with Crippen molar-refractivity contribution < 1.29 is 115 Å². The van der Waals surface area contributed by atoms with Crippen LogP contribution in [-0.4, -0.2) is 106 Å². The zero-order valence-electron chi connectivity index (χ0n) is 26.4. The molecule has 1 unspecified atom stereocenters. The second-order valence-corrected chi connectivity index (χ2v) is 8.70. The van der Waals surface area contributed by atoms with Gasteiger partial charge in [-0.15, -0.1) is 0 Å². The van der Waals surface area contributed by atoms with Gasteiger partial charge in [0, 0.05) is 48.6 Å². The Morgan fingerprint density at radius 1 is 0.396 bits per heavy atom. The van der Waals surface area contributed by atoms with Crippen molar-refractivity contribution in [2.75, 3.05) is 0 Å². The summed E-state index contributed by atoms with van der Waals surface area (Å²) in [7, 11) is 0. The number of hydrogen-bond acceptors (Lipinski definition) is 23. The number of aliphatic hydroxyl groups excluding tert-OH is 1. The van der Waals surface area contributed by atoms with Gasteiger partial charge < -0.3 is 43.4 Å². The Bertz CT molecular complexity index is 1700. The summed E-state index contributed by atoms with van der Waals surface area (Å²) in [4.78, 5) is 171. The highest BCUT2D eigenvalue weighted by Crippen LogP contribution is 2.01. The van der Waals surface area contributed by atoms with Crippen LogP contribution in [0.2, 0.25) is 0 Å². The second kappa shape index (κ2) is 23.7. The van der Waals surface area contributed by atoms with E-state index in [1.165, 1.54) is 0 Å². The molecule has 0 aromatic heterocycles. The first-order valence-corrected chi connectivity index (χ1v) is 13.5. The van der Waals surface area contributed by atoms with Crippen LogP contribution in [0, 0.1) is 0 Å². The third-order valence-electron chi connectivity index (χ3n) is 4.37. The molecule has 0 saturated carbocycles. The summed E-state index contributed by atoms with van der Waals surface area (Å²) in [6.45, 7) is 0.986. The number of esters is 14. The highest BCUT2D eigenvalue weighted by molar-refractivity contribution is 6.06. The molecule has 0 aromatic rings. The van der Waals surface area contributed by atoms with Crippen LogP contribution in [0.3, 0.4) is 0 Å². The number of aliphatic carboxylic acids is 1. The topological polar surface area (TPSA) is 361 Å². The number of carbonyl (C=O) groups excluding carboxylic acids is 14. The largest absolute Gasteiger partial charge is 0.478 e. The number of carboxylic acid groups (broad SMARTS) is 1. The molecule has 0 bridgehead atoms. The maximum Gasteiger partial charge on any atom is 0.342 e. The molecular formula is C29H22O24. The fraction of sp³-hybridized carbons (Fsp3) is 0.207. The lowest BCUT2D eigenvalue weighted by molar-refractivity contribution is -0.166. The third-order valence-corrected chi connectivity index (χ3v) is 4.37. The summed E-state index contributed by atoms with van der Waals surface area (Å²) < 4.78 is 28.8. The van der Waals surface area contributed by atoms with E-state index in [2.05, 4.69) is 33.2 Å². The molecule has 24 heteroatoms. The van der Waals surface area contributed by atoms with Crippen LogP contribution in [0.15, 0.2) is 48.6 Å². The minimum atomic E-state index is -1.65. The second-order valence-electron chi connectivity index (χ2n) is 8.70. The van der Waals surface area contributed by atoms with Crippen LogP contribution in [0.5, 0.6) is 0 Å². The van der Waals surface area contributed by atoms with Gasteiger partial charge in [-0.2, -0.15) is 0 Å². The molecule has 0 saturated heterocycles. The number of aliphatic hydroxyl groups is 1. The smallest absolute Gasteiger partial charge is 0.342 e. The minimum Gasteiger partial charge on any atom is -0.478 e. The molecule has 0 fully saturated rings. The molecule has 2 N–H and O–H groups in total. The molecule has 0 aliphatic carbocycles. The predicted molar refractivity (Wildman–Crippen MR) is 152 cm³/mol. The Kier molecular flexibility index (Phi) is 20.3. The van der Waals surface area contributed by atoms with Crippen molar-refractivity contribution in [1.29, 1.82) is 0 Å². The van der Waals surface area contributed by atoms with Crippen molar-refractivity contribution >= 4 is 89.5 Å². The molecule has 0 spiro atoms. The van der Waals surface area contributed by atoms with Gasteiger partial charge in [0.05, 0.1) is 12.8 Å². The van der Waals surface area contributed by atoms with Gasteiger partial charge in [-0.3, -0.25) is 28.8 Å². The third kappa shape index (κ3) is 24.2. The van der Waals surface area contributed by atoms with E-state index in [9.17, 15) is 71.9 Å². The molecule has 1 atom stereocenters. The number of rotatable bonds is 16. The lowest BCUT2D eigenvalue weighted by Crippen LogP contribution is -2.22. The Labute approximate surface area is 292 Å². The first-order valence-electron chi connectivity index (χ1n) is 13.5. The van der Waals surface area contributed by atoms with Crippen LogP contribution in [0.25, 0.3) is 0 Å². The summed E-state index contributed by atoms with van der Waals surface area (Å²) in [5.74, 6) is -22.5. The van der Waals surface area contributed by atoms with E-state index in [4.69, 9.17) is 10.2 Å². The molecule has 53 heavy (non-hydrogen) atoms. The van der Waals surface area contributed by atoms with Crippen LogP contribution in [0.1, 0.15) is 32.6 Å². The molecule has 0 amide bonds. The Hall–Kier alpha value is -7.63. The highest BCUT2D eigenvalue weighted by atomic mass is 16.6. The molecule has 282 valence electrons. The van der Waals surface area contributed by atoms with Crippen molar-refractivity contribution in [3.05, 3.63) is 48.6 Å². The average molecular weight is 754 g/mol. The van der Waals surface area contributed by atoms with Gasteiger partial charge in [0.15, 0.2) is 0 Å². The van der Waals surface area contributed by atoms with Crippen molar-refractivity contribution in [1.82, 2.24) is 0 Å². The molecule has 0 heterocycles. The predicted octanol–water partition coefficient (Wildman–Crippen LogP) is -3.27. The lowest BCUT2D eigenvalue weighted by Gasteiger charge is -2.02. The molecular weight excluding hydrogens is 732 g/mol. The van der Waals surface area contributed by atoms with Gasteiger partial charge in [0.25, 0.3) is 0 Å². The maximum atomic E-state index is 11.7. The van der Waals surface area contributed by atoms with Gasteiger partial charge >= 0.3 is 89.5 Å². The first kappa shape index (κ1) is 45.4. The van der Waals surface area contributed by atoms with Crippen LogP contribution in [0.4, 0.5) is 0 Å². The van der Waals surface area contributed by atoms with Gasteiger partial charge in [-0.25, -0.2) is 43.2 Å². The van der Waals surface area contributed by atoms with Crippen LogP contribution < -0.4 is 0 Å². The van der Waals surface area contributed by atoms with Gasteiger partial charge in [0.1, 0.15) is 18.9 Å². The Balaban J connectivity index is 4.50. The summed E-state index contributed by atoms with van der Waals surface area (Å²) in [5, 5.41) is 17.2. The van der Waals surface area contributed by atoms with Gasteiger partial charge in [-0.05, 0) is 6.92 Å². The van der Waals surface area contributed by atoms with E-state index in [-0.39, 0.29) is 24.3 Å². The minimum absolute atomic E-state index is 0.264. The fourth-order valence-electron chi connectivity index (χ4n) is 2.33. The van der Waals surface area contributed by atoms with Crippen molar-refractivity contribution in [3.63, 3.8) is 0 Å². The number of carboxylic acids is 1. The normalized spacial score (nSPS) is 11.2. The van der Waals surface area contributed by atoms with Crippen LogP contribution in [-0.2, 0) is 105 Å². The molecule has 24 nitrogen and oxygen atoms in total. The molecule has 0 aliphatic heterocycles. The number of hydrogen-bond donors (Lipinski definition) is 2. The van der Waals surface area contributed by atoms with E-state index < -0.39 is 121 Å². The van der Waals surface area contributed by atoms with Crippen LogP contribution >= 0.6 is 0 Å². The van der Waals surface area contributed by atoms with Gasteiger partial charge in [-0.1, -0.05) is 0 Å². The maximum absolute atomic E-state index is 11.7. The Morgan fingerprint density at radius 2 is 0.623 bits per heavy atom. The monoisotopic (exact) mass is 754 g/mol. The zero-order chi connectivity index (χ0) is 40.7. The van der Waals surface area contributed by atoms with E-state index in [1.54, 1.807) is 0 Å². The summed E-state index contributed by atoms with van der Waals surface area (Å²) in [6.07, 6.45) is -3.54. The summed E-state index contributed by atoms with van der Waals surface area (Å²) in [5.41, 5.74) is 0. The molecule has 0 radical (unpaired) electrons. The SMILES string of the molecule is CC(O)C(=O)OC(=O)/C=C\C(=O)OC(=O)CC(=O)OC(=O)/C=C\C(=O)OC(=O)CCC(=O)OC(=O)/C=C\C(=O)OC(=O)CC(=O)OC(=O)/C=C\C(=O)O. The van der Waals surface area contributed by atoms with E-state index in [1.807, 2.05) is 0 Å². The molecule has 0 rings (SSSR count). The quantitative estimate of drug-likeness (QED) is 0.0675. The van der Waals surface area contributed by atoms with Crippen molar-refractivity contribution in [2.24, 2.45) is 0 Å². The fourth-order valence-corrected chi connectivity index (χ4v) is 2.33. The summed E-state index contributed by atoms with van der Waals surface area (Å²) in [6, 6.07) is 0. The van der Waals surface area contributed by atoms with Crippen molar-refractivity contribution in [2.45, 2.75) is 38.7 Å². The molecule has 0 aliphatic rings. The average Bonchev–Trinajstić information content (AvgIpc) is 3.03.